The highest BCUT2D eigenvalue weighted by Gasteiger charge is 2.31. The smallest absolute Gasteiger partial charge is 0.223 e. The fourth-order valence-corrected chi connectivity index (χ4v) is 3.68. The van der Waals surface area contributed by atoms with Crippen LogP contribution >= 0.6 is 0 Å². The quantitative estimate of drug-likeness (QED) is 0.776. The predicted octanol–water partition coefficient (Wildman–Crippen LogP) is 2.71. The zero-order chi connectivity index (χ0) is 13.7. The normalized spacial score (nSPS) is 30.5. The molecular weight excluding hydrogens is 236 g/mol. The van der Waals surface area contributed by atoms with Crippen LogP contribution in [0.2, 0.25) is 0 Å². The molecule has 19 heavy (non-hydrogen) atoms. The van der Waals surface area contributed by atoms with Crippen LogP contribution < -0.4 is 5.73 Å². The summed E-state index contributed by atoms with van der Waals surface area (Å²) in [6, 6.07) is 0.390. The van der Waals surface area contributed by atoms with Gasteiger partial charge in [0.2, 0.25) is 5.91 Å². The molecule has 0 spiro atoms. The summed E-state index contributed by atoms with van der Waals surface area (Å²) in [6.45, 7) is 3.65. The number of allylic oxidation sites excluding steroid dienone is 2. The molecule has 3 heteroatoms. The van der Waals surface area contributed by atoms with Gasteiger partial charge in [-0.25, -0.2) is 0 Å². The highest BCUT2D eigenvalue weighted by molar-refractivity contribution is 5.77. The number of amides is 1. The summed E-state index contributed by atoms with van der Waals surface area (Å²) < 4.78 is 0. The van der Waals surface area contributed by atoms with Crippen LogP contribution in [-0.4, -0.2) is 29.9 Å². The molecule has 0 aromatic rings. The Morgan fingerprint density at radius 3 is 2.74 bits per heavy atom. The highest BCUT2D eigenvalue weighted by atomic mass is 16.2. The number of nitrogens with two attached hydrogens (primary N) is 1. The van der Waals surface area contributed by atoms with Crippen LogP contribution in [0.25, 0.3) is 0 Å². The second-order valence-corrected chi connectivity index (χ2v) is 6.00. The zero-order valence-electron chi connectivity index (χ0n) is 12.2. The third-order valence-corrected chi connectivity index (χ3v) is 4.78. The lowest BCUT2D eigenvalue weighted by atomic mass is 9.83. The second-order valence-electron chi connectivity index (χ2n) is 6.00. The van der Waals surface area contributed by atoms with Crippen LogP contribution in [-0.2, 0) is 4.79 Å². The molecule has 2 aliphatic rings. The number of hydrogen-bond donors (Lipinski definition) is 1. The molecule has 0 saturated heterocycles. The van der Waals surface area contributed by atoms with Crippen molar-refractivity contribution in [1.82, 2.24) is 4.90 Å². The van der Waals surface area contributed by atoms with Gasteiger partial charge in [0.05, 0.1) is 0 Å². The van der Waals surface area contributed by atoms with Crippen LogP contribution in [0, 0.1) is 11.8 Å². The fraction of sp³-hybridized carbons (Fsp3) is 0.812. The van der Waals surface area contributed by atoms with Crippen molar-refractivity contribution >= 4 is 5.91 Å². The minimum Gasteiger partial charge on any atom is -0.340 e. The third-order valence-electron chi connectivity index (χ3n) is 4.78. The number of hydrogen-bond acceptors (Lipinski definition) is 2. The Kier molecular flexibility index (Phi) is 5.44. The standard InChI is InChI=1S/C16H28N2O/c1-2-18(15-10-6-5-9-14(15)12-17)16(19)11-13-7-3-4-8-13/h3,7,13-15H,2,4-6,8-12,17H2,1H3. The second kappa shape index (κ2) is 7.09. The van der Waals surface area contributed by atoms with Gasteiger partial charge in [-0.2, -0.15) is 0 Å². The van der Waals surface area contributed by atoms with Crippen LogP contribution in [0.5, 0.6) is 0 Å². The van der Waals surface area contributed by atoms with E-state index in [1.165, 1.54) is 19.3 Å². The van der Waals surface area contributed by atoms with Crippen LogP contribution in [0.1, 0.15) is 51.9 Å². The lowest BCUT2D eigenvalue weighted by molar-refractivity contribution is -0.135. The van der Waals surface area contributed by atoms with Gasteiger partial charge in [0.15, 0.2) is 0 Å². The van der Waals surface area contributed by atoms with Crippen molar-refractivity contribution in [2.24, 2.45) is 17.6 Å². The van der Waals surface area contributed by atoms with E-state index < -0.39 is 0 Å². The van der Waals surface area contributed by atoms with Gasteiger partial charge in [-0.1, -0.05) is 25.0 Å². The van der Waals surface area contributed by atoms with E-state index in [1.54, 1.807) is 0 Å². The van der Waals surface area contributed by atoms with Crippen molar-refractivity contribution in [3.63, 3.8) is 0 Å². The van der Waals surface area contributed by atoms with Gasteiger partial charge in [0.1, 0.15) is 0 Å². The van der Waals surface area contributed by atoms with Gasteiger partial charge in [-0.05, 0) is 51.0 Å². The van der Waals surface area contributed by atoms with Gasteiger partial charge < -0.3 is 10.6 Å². The predicted molar refractivity (Wildman–Crippen MR) is 78.7 cm³/mol. The van der Waals surface area contributed by atoms with E-state index in [4.69, 9.17) is 5.73 Å². The Morgan fingerprint density at radius 2 is 2.11 bits per heavy atom. The van der Waals surface area contributed by atoms with E-state index >= 15 is 0 Å². The Balaban J connectivity index is 1.96. The summed E-state index contributed by atoms with van der Waals surface area (Å²) in [7, 11) is 0. The number of nitrogens with zero attached hydrogens (tertiary/aromatic N) is 1. The van der Waals surface area contributed by atoms with E-state index in [0.29, 0.717) is 30.2 Å². The van der Waals surface area contributed by atoms with Crippen LogP contribution in [0.15, 0.2) is 12.2 Å². The molecule has 1 fully saturated rings. The molecule has 3 atom stereocenters. The minimum absolute atomic E-state index is 0.337. The Hall–Kier alpha value is -0.830. The summed E-state index contributed by atoms with van der Waals surface area (Å²) in [5, 5.41) is 0. The van der Waals surface area contributed by atoms with Crippen molar-refractivity contribution in [3.8, 4) is 0 Å². The lowest BCUT2D eigenvalue weighted by Gasteiger charge is -2.39. The maximum atomic E-state index is 12.5. The molecule has 2 rings (SSSR count). The van der Waals surface area contributed by atoms with Crippen LogP contribution in [0.3, 0.4) is 0 Å². The Bertz CT molecular complexity index is 327. The highest BCUT2D eigenvalue weighted by Crippen LogP contribution is 2.29. The van der Waals surface area contributed by atoms with E-state index in [0.717, 1.165) is 32.4 Å². The van der Waals surface area contributed by atoms with E-state index in [2.05, 4.69) is 24.0 Å². The Labute approximate surface area is 117 Å². The maximum Gasteiger partial charge on any atom is 0.223 e. The first-order valence-corrected chi connectivity index (χ1v) is 7.92. The van der Waals surface area contributed by atoms with E-state index in [9.17, 15) is 4.79 Å². The number of rotatable bonds is 5. The van der Waals surface area contributed by atoms with Crippen molar-refractivity contribution < 1.29 is 4.79 Å². The summed E-state index contributed by atoms with van der Waals surface area (Å²) in [5.74, 6) is 1.32. The first-order valence-electron chi connectivity index (χ1n) is 7.92. The maximum absolute atomic E-state index is 12.5. The van der Waals surface area contributed by atoms with Gasteiger partial charge in [-0.3, -0.25) is 4.79 Å². The average Bonchev–Trinajstić information content (AvgIpc) is 2.93. The molecule has 0 heterocycles. The summed E-state index contributed by atoms with van der Waals surface area (Å²) in [4.78, 5) is 14.7. The molecule has 2 aliphatic carbocycles. The molecule has 0 aromatic carbocycles. The van der Waals surface area contributed by atoms with Gasteiger partial charge >= 0.3 is 0 Å². The van der Waals surface area contributed by atoms with Crippen molar-refractivity contribution in [3.05, 3.63) is 12.2 Å². The molecule has 1 amide bonds. The molecule has 3 nitrogen and oxygen atoms in total. The topological polar surface area (TPSA) is 46.3 Å². The molecule has 0 aliphatic heterocycles. The van der Waals surface area contributed by atoms with Crippen molar-refractivity contribution in [2.75, 3.05) is 13.1 Å². The molecule has 0 radical (unpaired) electrons. The average molecular weight is 264 g/mol. The molecule has 108 valence electrons. The van der Waals surface area contributed by atoms with Gasteiger partial charge in [-0.15, -0.1) is 0 Å². The first kappa shape index (κ1) is 14.6. The molecule has 0 aromatic heterocycles. The SMILES string of the molecule is CCN(C(=O)CC1C=CCC1)C1CCCCC1CN. The molecule has 1 saturated carbocycles. The molecule has 3 unspecified atom stereocenters. The first-order chi connectivity index (χ1) is 9.26. The molecule has 0 bridgehead atoms. The summed E-state index contributed by atoms with van der Waals surface area (Å²) in [5.41, 5.74) is 5.90. The van der Waals surface area contributed by atoms with E-state index in [-0.39, 0.29) is 0 Å². The zero-order valence-corrected chi connectivity index (χ0v) is 12.2. The monoisotopic (exact) mass is 264 g/mol. The number of carbonyl (C=O) groups is 1. The third kappa shape index (κ3) is 3.59. The minimum atomic E-state index is 0.337. The number of carbonyl (C=O) groups excluding carboxylic acids is 1. The fourth-order valence-electron chi connectivity index (χ4n) is 3.68. The van der Waals surface area contributed by atoms with Gasteiger partial charge in [0, 0.05) is 19.0 Å². The largest absolute Gasteiger partial charge is 0.340 e. The molecule has 2 N–H and O–H groups in total. The van der Waals surface area contributed by atoms with Gasteiger partial charge in [0.25, 0.3) is 0 Å². The Morgan fingerprint density at radius 1 is 1.32 bits per heavy atom. The van der Waals surface area contributed by atoms with Crippen molar-refractivity contribution in [2.45, 2.75) is 57.9 Å². The summed E-state index contributed by atoms with van der Waals surface area (Å²) >= 11 is 0. The summed E-state index contributed by atoms with van der Waals surface area (Å²) in [6.07, 6.45) is 12.2. The molecular formula is C16H28N2O. The van der Waals surface area contributed by atoms with E-state index in [1.807, 2.05) is 0 Å². The van der Waals surface area contributed by atoms with Crippen molar-refractivity contribution in [1.29, 1.82) is 0 Å². The lowest BCUT2D eigenvalue weighted by Crippen LogP contribution is -2.48. The van der Waals surface area contributed by atoms with Crippen LogP contribution in [0.4, 0.5) is 0 Å².